The van der Waals surface area contributed by atoms with Gasteiger partial charge in [-0.3, -0.25) is 4.79 Å². The van der Waals surface area contributed by atoms with E-state index >= 15 is 0 Å². The fourth-order valence-electron chi connectivity index (χ4n) is 1.71. The summed E-state index contributed by atoms with van der Waals surface area (Å²) in [7, 11) is 0. The molecule has 21 heavy (non-hydrogen) atoms. The topological polar surface area (TPSA) is 78.9 Å². The van der Waals surface area contributed by atoms with Crippen LogP contribution in [0.3, 0.4) is 0 Å². The van der Waals surface area contributed by atoms with Crippen LogP contribution in [-0.2, 0) is 0 Å². The van der Waals surface area contributed by atoms with Crippen LogP contribution in [0.25, 0.3) is 0 Å². The number of nitrogens with zero attached hydrogens (tertiary/aromatic N) is 1. The third-order valence-electron chi connectivity index (χ3n) is 2.65. The molecule has 0 aliphatic rings. The minimum atomic E-state index is -1.01. The van der Waals surface area contributed by atoms with Crippen LogP contribution in [0.2, 0.25) is 0 Å². The normalized spacial score (nSPS) is 10.0. The van der Waals surface area contributed by atoms with E-state index in [4.69, 9.17) is 11.0 Å². The number of carbonyl (C=O) groups excluding carboxylic acids is 1. The number of carbonyl (C=O) groups is 1. The molecule has 4 nitrogen and oxygen atoms in total. The van der Waals surface area contributed by atoms with Crippen LogP contribution >= 0.6 is 15.9 Å². The average Bonchev–Trinajstić information content (AvgIpc) is 2.39. The van der Waals surface area contributed by atoms with E-state index in [0.29, 0.717) is 5.69 Å². The molecule has 0 bridgehead atoms. The van der Waals surface area contributed by atoms with Gasteiger partial charge < -0.3 is 11.1 Å². The SMILES string of the molecule is N#Cc1cc(N)ccc1NC(=O)c1c(F)cc(Br)cc1F. The largest absolute Gasteiger partial charge is 0.399 e. The van der Waals surface area contributed by atoms with Crippen molar-refractivity contribution < 1.29 is 13.6 Å². The van der Waals surface area contributed by atoms with Crippen LogP contribution in [0.5, 0.6) is 0 Å². The lowest BCUT2D eigenvalue weighted by Crippen LogP contribution is -2.16. The summed E-state index contributed by atoms with van der Waals surface area (Å²) in [6.45, 7) is 0. The van der Waals surface area contributed by atoms with E-state index in [9.17, 15) is 13.6 Å². The van der Waals surface area contributed by atoms with Crippen molar-refractivity contribution in [2.24, 2.45) is 0 Å². The molecule has 0 spiro atoms. The van der Waals surface area contributed by atoms with Gasteiger partial charge in [0.15, 0.2) is 0 Å². The zero-order valence-electron chi connectivity index (χ0n) is 10.5. The zero-order valence-corrected chi connectivity index (χ0v) is 12.0. The molecule has 2 rings (SSSR count). The maximum absolute atomic E-state index is 13.7. The van der Waals surface area contributed by atoms with Crippen molar-refractivity contribution in [3.05, 3.63) is 57.6 Å². The number of nitrogens with two attached hydrogens (primary N) is 1. The van der Waals surface area contributed by atoms with Gasteiger partial charge in [0.2, 0.25) is 0 Å². The molecule has 0 atom stereocenters. The van der Waals surface area contributed by atoms with Crippen LogP contribution < -0.4 is 11.1 Å². The number of halogens is 3. The van der Waals surface area contributed by atoms with Crippen molar-refractivity contribution in [3.8, 4) is 6.07 Å². The number of anilines is 2. The zero-order chi connectivity index (χ0) is 15.6. The van der Waals surface area contributed by atoms with Crippen LogP contribution in [0, 0.1) is 23.0 Å². The van der Waals surface area contributed by atoms with Crippen molar-refractivity contribution in [3.63, 3.8) is 0 Å². The number of nitrogen functional groups attached to an aromatic ring is 1. The van der Waals surface area contributed by atoms with Gasteiger partial charge in [0.25, 0.3) is 5.91 Å². The van der Waals surface area contributed by atoms with Gasteiger partial charge in [-0.15, -0.1) is 0 Å². The Morgan fingerprint density at radius 2 is 1.86 bits per heavy atom. The molecule has 2 aromatic rings. The Balaban J connectivity index is 2.38. The molecule has 7 heteroatoms. The summed E-state index contributed by atoms with van der Waals surface area (Å²) >= 11 is 2.93. The van der Waals surface area contributed by atoms with Gasteiger partial charge in [-0.1, -0.05) is 15.9 Å². The quantitative estimate of drug-likeness (QED) is 0.813. The summed E-state index contributed by atoms with van der Waals surface area (Å²) < 4.78 is 27.6. The van der Waals surface area contributed by atoms with E-state index in [0.717, 1.165) is 12.1 Å². The monoisotopic (exact) mass is 351 g/mol. The van der Waals surface area contributed by atoms with Crippen molar-refractivity contribution in [2.45, 2.75) is 0 Å². The number of amides is 1. The predicted molar refractivity (Wildman–Crippen MR) is 77.6 cm³/mol. The highest BCUT2D eigenvalue weighted by atomic mass is 79.9. The lowest BCUT2D eigenvalue weighted by molar-refractivity contribution is 0.101. The fraction of sp³-hybridized carbons (Fsp3) is 0. The van der Waals surface area contributed by atoms with E-state index < -0.39 is 23.1 Å². The number of nitrogens with one attached hydrogen (secondary N) is 1. The Hall–Kier alpha value is -2.46. The highest BCUT2D eigenvalue weighted by Crippen LogP contribution is 2.22. The Morgan fingerprint density at radius 3 is 2.43 bits per heavy atom. The summed E-state index contributed by atoms with van der Waals surface area (Å²) in [5, 5.41) is 11.3. The van der Waals surface area contributed by atoms with Gasteiger partial charge in [0.1, 0.15) is 23.3 Å². The summed E-state index contributed by atoms with van der Waals surface area (Å²) in [6, 6.07) is 8.00. The predicted octanol–water partition coefficient (Wildman–Crippen LogP) is 3.43. The van der Waals surface area contributed by atoms with Crippen LogP contribution in [0.1, 0.15) is 15.9 Å². The lowest BCUT2D eigenvalue weighted by atomic mass is 10.1. The van der Waals surface area contributed by atoms with Crippen molar-refractivity contribution in [1.82, 2.24) is 0 Å². The Labute approximate surface area is 127 Å². The summed E-state index contributed by atoms with van der Waals surface area (Å²) in [5.74, 6) is -3.00. The van der Waals surface area contributed by atoms with Crippen LogP contribution in [-0.4, -0.2) is 5.91 Å². The van der Waals surface area contributed by atoms with E-state index in [2.05, 4.69) is 21.2 Å². The smallest absolute Gasteiger partial charge is 0.261 e. The maximum Gasteiger partial charge on any atom is 0.261 e. The molecule has 2 aromatic carbocycles. The van der Waals surface area contributed by atoms with E-state index in [1.165, 1.54) is 18.2 Å². The average molecular weight is 352 g/mol. The second-order valence-electron chi connectivity index (χ2n) is 4.12. The second-order valence-corrected chi connectivity index (χ2v) is 5.03. The van der Waals surface area contributed by atoms with Crippen molar-refractivity contribution >= 4 is 33.2 Å². The van der Waals surface area contributed by atoms with Gasteiger partial charge in [0, 0.05) is 10.2 Å². The van der Waals surface area contributed by atoms with E-state index in [1.54, 1.807) is 0 Å². The van der Waals surface area contributed by atoms with Gasteiger partial charge in [-0.25, -0.2) is 8.78 Å². The molecule has 0 aromatic heterocycles. The summed E-state index contributed by atoms with van der Waals surface area (Å²) in [5.41, 5.74) is 5.36. The molecule has 0 heterocycles. The molecule has 0 fully saturated rings. The molecule has 106 valence electrons. The number of nitriles is 1. The van der Waals surface area contributed by atoms with Gasteiger partial charge in [-0.2, -0.15) is 5.26 Å². The minimum Gasteiger partial charge on any atom is -0.399 e. The number of benzene rings is 2. The van der Waals surface area contributed by atoms with E-state index in [1.807, 2.05) is 6.07 Å². The van der Waals surface area contributed by atoms with Crippen molar-refractivity contribution in [1.29, 1.82) is 5.26 Å². The first-order valence-corrected chi connectivity index (χ1v) is 6.47. The second kappa shape index (κ2) is 5.89. The molecule has 0 aliphatic carbocycles. The molecule has 0 aliphatic heterocycles. The first kappa shape index (κ1) is 14.9. The number of rotatable bonds is 2. The molecule has 0 saturated carbocycles. The number of hydrogen-bond acceptors (Lipinski definition) is 3. The fourth-order valence-corrected chi connectivity index (χ4v) is 2.11. The molecule has 3 N–H and O–H groups in total. The van der Waals surface area contributed by atoms with Gasteiger partial charge in [0.05, 0.1) is 11.3 Å². The first-order valence-electron chi connectivity index (χ1n) is 5.68. The van der Waals surface area contributed by atoms with Crippen LogP contribution in [0.4, 0.5) is 20.2 Å². The van der Waals surface area contributed by atoms with E-state index in [-0.39, 0.29) is 15.7 Å². The molecule has 0 saturated heterocycles. The minimum absolute atomic E-state index is 0.0984. The van der Waals surface area contributed by atoms with Gasteiger partial charge in [-0.05, 0) is 30.3 Å². The molecule has 0 unspecified atom stereocenters. The van der Waals surface area contributed by atoms with Crippen LogP contribution in [0.15, 0.2) is 34.8 Å². The molecular formula is C14H8BrF2N3O. The maximum atomic E-state index is 13.7. The van der Waals surface area contributed by atoms with Crippen molar-refractivity contribution in [2.75, 3.05) is 11.1 Å². The Bertz CT molecular complexity index is 748. The summed E-state index contributed by atoms with van der Waals surface area (Å²) in [6.07, 6.45) is 0. The Morgan fingerprint density at radius 1 is 1.24 bits per heavy atom. The third-order valence-corrected chi connectivity index (χ3v) is 3.10. The number of hydrogen-bond donors (Lipinski definition) is 2. The molecular weight excluding hydrogens is 344 g/mol. The van der Waals surface area contributed by atoms with Gasteiger partial charge >= 0.3 is 0 Å². The highest BCUT2D eigenvalue weighted by molar-refractivity contribution is 9.10. The Kier molecular flexibility index (Phi) is 4.19. The highest BCUT2D eigenvalue weighted by Gasteiger charge is 2.19. The molecule has 1 amide bonds. The molecule has 0 radical (unpaired) electrons. The first-order chi connectivity index (χ1) is 9.92. The standard InChI is InChI=1S/C14H8BrF2N3O/c15-8-4-10(16)13(11(17)5-8)14(21)20-12-2-1-9(19)3-7(12)6-18/h1-5H,19H2,(H,20,21). The lowest BCUT2D eigenvalue weighted by Gasteiger charge is -2.09. The summed E-state index contributed by atoms with van der Waals surface area (Å²) in [4.78, 5) is 12.0. The third kappa shape index (κ3) is 3.17.